The molecule has 0 spiro atoms. The Morgan fingerprint density at radius 2 is 1.69 bits per heavy atom. The van der Waals surface area contributed by atoms with Crippen LogP contribution in [0.5, 0.6) is 5.75 Å². The molecular weight excluding hydrogens is 400 g/mol. The first-order chi connectivity index (χ1) is 15.7. The van der Waals surface area contributed by atoms with Crippen molar-refractivity contribution < 1.29 is 13.9 Å². The van der Waals surface area contributed by atoms with Crippen LogP contribution in [0.1, 0.15) is 33.7 Å². The Labute approximate surface area is 188 Å². The quantitative estimate of drug-likeness (QED) is 0.392. The molecule has 0 saturated carbocycles. The van der Waals surface area contributed by atoms with Gasteiger partial charge in [-0.05, 0) is 43.7 Å². The zero-order valence-corrected chi connectivity index (χ0v) is 18.3. The van der Waals surface area contributed by atoms with Crippen molar-refractivity contribution in [2.24, 2.45) is 5.73 Å². The van der Waals surface area contributed by atoms with Crippen molar-refractivity contribution in [3.05, 3.63) is 101 Å². The van der Waals surface area contributed by atoms with Crippen LogP contribution in [0.15, 0.2) is 83.3 Å². The third-order valence-electron chi connectivity index (χ3n) is 5.52. The molecule has 0 unspecified atom stereocenters. The van der Waals surface area contributed by atoms with Gasteiger partial charge >= 0.3 is 0 Å². The Morgan fingerprint density at radius 1 is 0.969 bits per heavy atom. The molecule has 1 aromatic heterocycles. The highest BCUT2D eigenvalue weighted by atomic mass is 16.5. The molecule has 5 heteroatoms. The highest BCUT2D eigenvalue weighted by molar-refractivity contribution is 5.97. The lowest BCUT2D eigenvalue weighted by atomic mass is 10.1. The zero-order chi connectivity index (χ0) is 22.3. The van der Waals surface area contributed by atoms with Crippen molar-refractivity contribution in [1.82, 2.24) is 4.90 Å². The summed E-state index contributed by atoms with van der Waals surface area (Å²) in [7, 11) is 0. The summed E-state index contributed by atoms with van der Waals surface area (Å²) in [6, 6.07) is 25.3. The van der Waals surface area contributed by atoms with Gasteiger partial charge in [0.25, 0.3) is 5.91 Å². The van der Waals surface area contributed by atoms with Crippen LogP contribution in [0.25, 0.3) is 11.0 Å². The van der Waals surface area contributed by atoms with E-state index in [4.69, 9.17) is 14.9 Å². The maximum Gasteiger partial charge on any atom is 0.257 e. The topological polar surface area (TPSA) is 68.7 Å². The van der Waals surface area contributed by atoms with Crippen LogP contribution in [0, 0.1) is 6.92 Å². The van der Waals surface area contributed by atoms with E-state index >= 15 is 0 Å². The molecule has 32 heavy (non-hydrogen) atoms. The van der Waals surface area contributed by atoms with E-state index in [0.717, 1.165) is 27.9 Å². The minimum absolute atomic E-state index is 0.0770. The summed E-state index contributed by atoms with van der Waals surface area (Å²) >= 11 is 0. The number of nitrogens with two attached hydrogens (primary N) is 1. The Bertz CT molecular complexity index is 1180. The van der Waals surface area contributed by atoms with Crippen molar-refractivity contribution in [2.75, 3.05) is 13.1 Å². The van der Waals surface area contributed by atoms with Crippen LogP contribution in [0.4, 0.5) is 0 Å². The van der Waals surface area contributed by atoms with E-state index in [-0.39, 0.29) is 5.91 Å². The number of fused-ring (bicyclic) bond motifs is 1. The Morgan fingerprint density at radius 3 is 2.50 bits per heavy atom. The van der Waals surface area contributed by atoms with Gasteiger partial charge in [-0.2, -0.15) is 0 Å². The van der Waals surface area contributed by atoms with Crippen molar-refractivity contribution in [1.29, 1.82) is 0 Å². The van der Waals surface area contributed by atoms with Gasteiger partial charge < -0.3 is 19.8 Å². The normalized spacial score (nSPS) is 10.9. The molecule has 1 heterocycles. The minimum atomic E-state index is -0.0770. The number of para-hydroxylation sites is 2. The summed E-state index contributed by atoms with van der Waals surface area (Å²) in [6.07, 6.45) is 0.716. The summed E-state index contributed by atoms with van der Waals surface area (Å²) in [4.78, 5) is 15.5. The molecular formula is C27H28N2O3. The second kappa shape index (κ2) is 10.2. The summed E-state index contributed by atoms with van der Waals surface area (Å²) < 4.78 is 12.0. The number of carbonyl (C=O) groups is 1. The number of hydrogen-bond acceptors (Lipinski definition) is 4. The molecule has 2 N–H and O–H groups in total. The summed E-state index contributed by atoms with van der Waals surface area (Å²) in [6.45, 7) is 3.87. The van der Waals surface area contributed by atoms with Crippen molar-refractivity contribution in [2.45, 2.75) is 26.5 Å². The molecule has 0 radical (unpaired) electrons. The zero-order valence-electron chi connectivity index (χ0n) is 18.3. The average Bonchev–Trinajstić information content (AvgIpc) is 3.15. The first-order valence-corrected chi connectivity index (χ1v) is 10.9. The number of carbonyl (C=O) groups excluding carboxylic acids is 1. The first-order valence-electron chi connectivity index (χ1n) is 10.9. The van der Waals surface area contributed by atoms with Gasteiger partial charge in [-0.25, -0.2) is 0 Å². The number of nitrogens with zero attached hydrogens (tertiary/aromatic N) is 1. The van der Waals surface area contributed by atoms with E-state index in [0.29, 0.717) is 44.0 Å². The monoisotopic (exact) mass is 428 g/mol. The van der Waals surface area contributed by atoms with E-state index in [2.05, 4.69) is 0 Å². The second-order valence-corrected chi connectivity index (χ2v) is 7.77. The number of amides is 1. The first kappa shape index (κ1) is 21.7. The molecule has 0 saturated heterocycles. The van der Waals surface area contributed by atoms with E-state index in [1.54, 1.807) is 0 Å². The maximum absolute atomic E-state index is 13.6. The molecule has 0 fully saturated rings. The molecule has 0 aliphatic carbocycles. The van der Waals surface area contributed by atoms with Gasteiger partial charge in [0, 0.05) is 17.5 Å². The van der Waals surface area contributed by atoms with Crippen molar-refractivity contribution >= 4 is 16.9 Å². The van der Waals surface area contributed by atoms with Crippen molar-refractivity contribution in [3.8, 4) is 5.75 Å². The number of aryl methyl sites for hydroxylation is 1. The SMILES string of the molecule is Cc1oc2ccccc2c1CN(CCCN)C(=O)c1ccccc1OCc1ccccc1. The van der Waals surface area contributed by atoms with E-state index in [1.165, 1.54) is 0 Å². The highest BCUT2D eigenvalue weighted by Gasteiger charge is 2.22. The van der Waals surface area contributed by atoms with Crippen LogP contribution in [-0.2, 0) is 13.2 Å². The summed E-state index contributed by atoms with van der Waals surface area (Å²) in [5, 5.41) is 1.03. The predicted octanol–water partition coefficient (Wildman–Crippen LogP) is 5.31. The molecule has 4 rings (SSSR count). The fourth-order valence-corrected chi connectivity index (χ4v) is 3.82. The number of hydrogen-bond donors (Lipinski definition) is 1. The molecule has 3 aromatic carbocycles. The van der Waals surface area contributed by atoms with Crippen LogP contribution in [0.2, 0.25) is 0 Å². The standard InChI is InChI=1S/C27H28N2O3/c1-20-24(22-12-5-8-15-26(22)32-20)18-29(17-9-16-28)27(30)23-13-6-7-14-25(23)31-19-21-10-3-2-4-11-21/h2-8,10-15H,9,16-19,28H2,1H3. The smallest absolute Gasteiger partial charge is 0.257 e. The number of ether oxygens (including phenoxy) is 1. The Kier molecular flexibility index (Phi) is 6.87. The van der Waals surface area contributed by atoms with Gasteiger partial charge in [0.15, 0.2) is 0 Å². The fraction of sp³-hybridized carbons (Fsp3) is 0.222. The van der Waals surface area contributed by atoms with Gasteiger partial charge in [-0.3, -0.25) is 4.79 Å². The third-order valence-corrected chi connectivity index (χ3v) is 5.52. The van der Waals surface area contributed by atoms with Crippen LogP contribution < -0.4 is 10.5 Å². The largest absolute Gasteiger partial charge is 0.488 e. The second-order valence-electron chi connectivity index (χ2n) is 7.77. The predicted molar refractivity (Wildman–Crippen MR) is 127 cm³/mol. The fourth-order valence-electron chi connectivity index (χ4n) is 3.82. The molecule has 1 amide bonds. The van der Waals surface area contributed by atoms with Gasteiger partial charge in [0.1, 0.15) is 23.7 Å². The van der Waals surface area contributed by atoms with Gasteiger partial charge in [0.2, 0.25) is 0 Å². The van der Waals surface area contributed by atoms with E-state index < -0.39 is 0 Å². The van der Waals surface area contributed by atoms with Gasteiger partial charge in [0.05, 0.1) is 12.1 Å². The van der Waals surface area contributed by atoms with Crippen LogP contribution in [0.3, 0.4) is 0 Å². The number of rotatable bonds is 9. The number of benzene rings is 3. The van der Waals surface area contributed by atoms with Gasteiger partial charge in [-0.1, -0.05) is 60.7 Å². The molecule has 0 aliphatic rings. The summed E-state index contributed by atoms with van der Waals surface area (Å²) in [5.41, 5.74) is 9.22. The van der Waals surface area contributed by atoms with E-state index in [1.807, 2.05) is 90.7 Å². The lowest BCUT2D eigenvalue weighted by Gasteiger charge is -2.24. The summed E-state index contributed by atoms with van der Waals surface area (Å²) in [5.74, 6) is 1.32. The lowest BCUT2D eigenvalue weighted by Crippen LogP contribution is -2.33. The molecule has 0 atom stereocenters. The Hall–Kier alpha value is -3.57. The lowest BCUT2D eigenvalue weighted by molar-refractivity contribution is 0.0737. The van der Waals surface area contributed by atoms with Crippen molar-refractivity contribution in [3.63, 3.8) is 0 Å². The third kappa shape index (κ3) is 4.84. The minimum Gasteiger partial charge on any atom is -0.488 e. The van der Waals surface area contributed by atoms with Crippen LogP contribution in [-0.4, -0.2) is 23.9 Å². The van der Waals surface area contributed by atoms with Gasteiger partial charge in [-0.15, -0.1) is 0 Å². The molecule has 164 valence electrons. The molecule has 0 aliphatic heterocycles. The molecule has 5 nitrogen and oxygen atoms in total. The molecule has 4 aromatic rings. The maximum atomic E-state index is 13.6. The van der Waals surface area contributed by atoms with Crippen LogP contribution >= 0.6 is 0 Å². The highest BCUT2D eigenvalue weighted by Crippen LogP contribution is 2.28. The van der Waals surface area contributed by atoms with E-state index in [9.17, 15) is 4.79 Å². The number of furan rings is 1. The average molecular weight is 429 g/mol. The Balaban J connectivity index is 1.60. The molecule has 0 bridgehead atoms.